The number of aromatic nitrogens is 4. The zero-order valence-electron chi connectivity index (χ0n) is 14.6. The van der Waals surface area contributed by atoms with E-state index < -0.39 is 0 Å². The Kier molecular flexibility index (Phi) is 3.16. The van der Waals surface area contributed by atoms with Crippen LogP contribution in [0.3, 0.4) is 0 Å². The second-order valence-electron chi connectivity index (χ2n) is 6.84. The maximum Gasteiger partial charge on any atom is 0.257 e. The van der Waals surface area contributed by atoms with Crippen LogP contribution >= 0.6 is 0 Å². The van der Waals surface area contributed by atoms with Crippen molar-refractivity contribution >= 4 is 21.9 Å². The topological polar surface area (TPSA) is 72.8 Å². The second-order valence-corrected chi connectivity index (χ2v) is 6.84. The fraction of sp³-hybridized carbons (Fsp3) is 0.250. The molecule has 3 heterocycles. The molecule has 0 bridgehead atoms. The number of aromatic amines is 1. The number of pyridine rings is 2. The molecule has 0 radical (unpaired) electrons. The van der Waals surface area contributed by atoms with Gasteiger partial charge >= 0.3 is 0 Å². The van der Waals surface area contributed by atoms with Crippen LogP contribution in [0.15, 0.2) is 41.3 Å². The largest absolute Gasteiger partial charge is 0.497 e. The van der Waals surface area contributed by atoms with Gasteiger partial charge in [0, 0.05) is 13.1 Å². The van der Waals surface area contributed by atoms with Gasteiger partial charge in [-0.2, -0.15) is 5.10 Å². The fourth-order valence-corrected chi connectivity index (χ4v) is 3.56. The minimum Gasteiger partial charge on any atom is -0.497 e. The molecule has 1 saturated carbocycles. The summed E-state index contributed by atoms with van der Waals surface area (Å²) in [7, 11) is 3.55. The van der Waals surface area contributed by atoms with E-state index >= 15 is 0 Å². The van der Waals surface area contributed by atoms with Crippen LogP contribution in [0, 0.1) is 0 Å². The lowest BCUT2D eigenvalue weighted by Crippen LogP contribution is -2.10. The van der Waals surface area contributed by atoms with Crippen molar-refractivity contribution in [3.05, 3.63) is 52.4 Å². The van der Waals surface area contributed by atoms with Crippen molar-refractivity contribution < 1.29 is 4.74 Å². The molecule has 0 aliphatic heterocycles. The molecule has 0 saturated heterocycles. The van der Waals surface area contributed by atoms with Crippen molar-refractivity contribution in [3.8, 4) is 17.0 Å². The fourth-order valence-electron chi connectivity index (χ4n) is 3.56. The molecule has 5 rings (SSSR count). The summed E-state index contributed by atoms with van der Waals surface area (Å²) < 4.78 is 7.10. The number of hydrogen-bond donors (Lipinski definition) is 1. The molecule has 6 nitrogen and oxygen atoms in total. The number of methoxy groups -OCH3 is 1. The number of benzene rings is 1. The third-order valence-corrected chi connectivity index (χ3v) is 5.07. The van der Waals surface area contributed by atoms with Crippen LogP contribution in [0.25, 0.3) is 33.2 Å². The second kappa shape index (κ2) is 5.42. The summed E-state index contributed by atoms with van der Waals surface area (Å²) in [5.41, 5.74) is 5.02. The molecule has 1 fully saturated rings. The summed E-state index contributed by atoms with van der Waals surface area (Å²) in [4.78, 5) is 20.4. The normalized spacial score (nSPS) is 14.2. The number of H-pyrrole nitrogens is 1. The van der Waals surface area contributed by atoms with Gasteiger partial charge in [-0.05, 0) is 54.0 Å². The summed E-state index contributed by atoms with van der Waals surface area (Å²) in [5.74, 6) is 1.25. The van der Waals surface area contributed by atoms with Crippen LogP contribution in [0.5, 0.6) is 5.75 Å². The first-order chi connectivity index (χ1) is 12.6. The van der Waals surface area contributed by atoms with E-state index in [-0.39, 0.29) is 5.56 Å². The Labute approximate surface area is 149 Å². The summed E-state index contributed by atoms with van der Waals surface area (Å²) in [5, 5.41) is 5.29. The number of rotatable bonds is 3. The van der Waals surface area contributed by atoms with Gasteiger partial charge in [-0.1, -0.05) is 0 Å². The van der Waals surface area contributed by atoms with Crippen molar-refractivity contribution in [2.24, 2.45) is 7.05 Å². The highest BCUT2D eigenvalue weighted by molar-refractivity contribution is 5.87. The molecule has 0 spiro atoms. The molecule has 0 atom stereocenters. The average Bonchev–Trinajstić information content (AvgIpc) is 3.43. The monoisotopic (exact) mass is 346 g/mol. The number of ether oxygens (including phenoxy) is 1. The van der Waals surface area contributed by atoms with Gasteiger partial charge in [-0.15, -0.1) is 0 Å². The number of fused-ring (bicyclic) bond motifs is 2. The van der Waals surface area contributed by atoms with Crippen LogP contribution < -0.4 is 10.3 Å². The van der Waals surface area contributed by atoms with Gasteiger partial charge in [-0.25, -0.2) is 4.98 Å². The van der Waals surface area contributed by atoms with E-state index in [1.54, 1.807) is 13.3 Å². The molecule has 4 aromatic rings. The molecule has 130 valence electrons. The molecule has 1 aliphatic carbocycles. The van der Waals surface area contributed by atoms with Gasteiger partial charge < -0.3 is 9.72 Å². The van der Waals surface area contributed by atoms with Crippen molar-refractivity contribution in [2.75, 3.05) is 7.11 Å². The van der Waals surface area contributed by atoms with Crippen molar-refractivity contribution in [2.45, 2.75) is 18.8 Å². The molecule has 0 unspecified atom stereocenters. The third-order valence-electron chi connectivity index (χ3n) is 5.07. The van der Waals surface area contributed by atoms with Gasteiger partial charge in [0.1, 0.15) is 11.3 Å². The van der Waals surface area contributed by atoms with E-state index in [1.807, 2.05) is 36.0 Å². The lowest BCUT2D eigenvalue weighted by Gasteiger charge is -2.09. The molecule has 6 heteroatoms. The van der Waals surface area contributed by atoms with E-state index in [0.717, 1.165) is 21.9 Å². The van der Waals surface area contributed by atoms with Crippen LogP contribution in [-0.4, -0.2) is 26.9 Å². The number of nitrogens with one attached hydrogen (secondary N) is 1. The van der Waals surface area contributed by atoms with E-state index in [0.29, 0.717) is 22.9 Å². The van der Waals surface area contributed by atoms with E-state index in [2.05, 4.69) is 16.1 Å². The van der Waals surface area contributed by atoms with Gasteiger partial charge in [0.05, 0.1) is 35.6 Å². The predicted octanol–water partition coefficient (Wildman–Crippen LogP) is 3.36. The number of aryl methyl sites for hydroxylation is 1. The van der Waals surface area contributed by atoms with Gasteiger partial charge in [0.2, 0.25) is 0 Å². The first-order valence-corrected chi connectivity index (χ1v) is 8.68. The zero-order valence-corrected chi connectivity index (χ0v) is 14.6. The highest BCUT2D eigenvalue weighted by atomic mass is 16.5. The highest BCUT2D eigenvalue weighted by Gasteiger charge is 2.28. The van der Waals surface area contributed by atoms with Crippen molar-refractivity contribution in [1.82, 2.24) is 19.7 Å². The van der Waals surface area contributed by atoms with Crippen molar-refractivity contribution in [3.63, 3.8) is 0 Å². The Morgan fingerprint density at radius 2 is 2.08 bits per heavy atom. The molecular weight excluding hydrogens is 328 g/mol. The minimum absolute atomic E-state index is 0.150. The minimum atomic E-state index is -0.150. The summed E-state index contributed by atoms with van der Waals surface area (Å²) in [6.07, 6.45) is 4.13. The Morgan fingerprint density at radius 3 is 2.85 bits per heavy atom. The number of nitrogens with zero attached hydrogens (tertiary/aromatic N) is 3. The molecule has 1 aromatic carbocycles. The summed E-state index contributed by atoms with van der Waals surface area (Å²) in [6, 6.07) is 9.61. The highest BCUT2D eigenvalue weighted by Crippen LogP contribution is 2.43. The average molecular weight is 346 g/mol. The molecule has 1 aliphatic rings. The Balaban J connectivity index is 1.74. The van der Waals surface area contributed by atoms with Gasteiger partial charge in [0.25, 0.3) is 5.56 Å². The molecule has 3 aromatic heterocycles. The maximum absolute atomic E-state index is 12.7. The third kappa shape index (κ3) is 2.29. The maximum atomic E-state index is 12.7. The molecular formula is C20H18N4O2. The van der Waals surface area contributed by atoms with E-state index in [1.165, 1.54) is 18.4 Å². The quantitative estimate of drug-likeness (QED) is 0.617. The first-order valence-electron chi connectivity index (χ1n) is 8.68. The molecule has 1 N–H and O–H groups in total. The first kappa shape index (κ1) is 15.1. The smallest absolute Gasteiger partial charge is 0.257 e. The molecule has 0 amide bonds. The standard InChI is InChI=1S/C20H18N4O2/c1-24-19-14(11-3-4-11)9-17(22-18(19)10-21-24)15-7-12-5-6-13(26-2)8-16(12)23-20(15)25/h5-11H,3-4H2,1-2H3,(H,23,25). The van der Waals surface area contributed by atoms with Gasteiger partial charge in [0.15, 0.2) is 0 Å². The van der Waals surface area contributed by atoms with E-state index in [4.69, 9.17) is 9.72 Å². The van der Waals surface area contributed by atoms with Crippen LogP contribution in [0.4, 0.5) is 0 Å². The lowest BCUT2D eigenvalue weighted by molar-refractivity contribution is 0.415. The van der Waals surface area contributed by atoms with Crippen molar-refractivity contribution in [1.29, 1.82) is 0 Å². The Hall–Kier alpha value is -3.15. The van der Waals surface area contributed by atoms with Crippen LogP contribution in [0.2, 0.25) is 0 Å². The Morgan fingerprint density at radius 1 is 1.23 bits per heavy atom. The lowest BCUT2D eigenvalue weighted by atomic mass is 10.0. The van der Waals surface area contributed by atoms with Crippen LogP contribution in [-0.2, 0) is 7.05 Å². The van der Waals surface area contributed by atoms with Gasteiger partial charge in [-0.3, -0.25) is 9.48 Å². The predicted molar refractivity (Wildman–Crippen MR) is 101 cm³/mol. The molecule has 26 heavy (non-hydrogen) atoms. The summed E-state index contributed by atoms with van der Waals surface area (Å²) in [6.45, 7) is 0. The van der Waals surface area contributed by atoms with E-state index in [9.17, 15) is 4.79 Å². The Bertz CT molecular complexity index is 1220. The van der Waals surface area contributed by atoms with Crippen LogP contribution in [0.1, 0.15) is 24.3 Å². The SMILES string of the molecule is COc1ccc2cc(-c3cc(C4CC4)c4c(cnn4C)n3)c(=O)[nH]c2c1. The summed E-state index contributed by atoms with van der Waals surface area (Å²) >= 11 is 0. The zero-order chi connectivity index (χ0) is 17.8. The number of hydrogen-bond acceptors (Lipinski definition) is 4.